The molecule has 2 aromatic heterocycles. The molecule has 0 spiro atoms. The second-order valence-electron chi connectivity index (χ2n) is 7.68. The normalized spacial score (nSPS) is 14.2. The van der Waals surface area contributed by atoms with Crippen LogP contribution >= 0.6 is 0 Å². The van der Waals surface area contributed by atoms with Crippen molar-refractivity contribution in [2.24, 2.45) is 10.7 Å². The Labute approximate surface area is 191 Å². The van der Waals surface area contributed by atoms with E-state index in [0.29, 0.717) is 18.8 Å². The second kappa shape index (κ2) is 11.1. The fourth-order valence-electron chi connectivity index (χ4n) is 2.91. The maximum Gasteiger partial charge on any atom is 0.278 e. The second-order valence-corrected chi connectivity index (χ2v) is 7.68. The zero-order valence-corrected chi connectivity index (χ0v) is 18.9. The highest BCUT2D eigenvalue weighted by Gasteiger charge is 2.28. The average molecular weight is 453 g/mol. The summed E-state index contributed by atoms with van der Waals surface area (Å²) in [5, 5.41) is 8.42. The van der Waals surface area contributed by atoms with E-state index in [1.807, 2.05) is 19.0 Å². The van der Waals surface area contributed by atoms with E-state index < -0.39 is 11.8 Å². The van der Waals surface area contributed by atoms with Crippen molar-refractivity contribution < 1.29 is 9.59 Å². The largest absolute Gasteiger partial charge is 0.403 e. The van der Waals surface area contributed by atoms with E-state index in [9.17, 15) is 9.59 Å². The number of anilines is 2. The van der Waals surface area contributed by atoms with Gasteiger partial charge < -0.3 is 26.6 Å². The van der Waals surface area contributed by atoms with E-state index >= 15 is 0 Å². The van der Waals surface area contributed by atoms with Crippen LogP contribution in [0.15, 0.2) is 41.8 Å². The maximum atomic E-state index is 13.2. The molecule has 12 heteroatoms. The van der Waals surface area contributed by atoms with Gasteiger partial charge in [-0.25, -0.2) is 19.9 Å². The first-order chi connectivity index (χ1) is 15.9. The van der Waals surface area contributed by atoms with Crippen molar-refractivity contribution in [3.05, 3.63) is 48.2 Å². The third kappa shape index (κ3) is 6.53. The lowest BCUT2D eigenvalue weighted by Gasteiger charge is -2.15. The summed E-state index contributed by atoms with van der Waals surface area (Å²) in [6, 6.07) is 0. The van der Waals surface area contributed by atoms with Gasteiger partial charge in [-0.2, -0.15) is 0 Å². The van der Waals surface area contributed by atoms with Gasteiger partial charge in [-0.3, -0.25) is 14.6 Å². The molecule has 0 saturated heterocycles. The van der Waals surface area contributed by atoms with Crippen molar-refractivity contribution in [1.29, 1.82) is 0 Å². The number of aromatic nitrogens is 4. The number of amides is 2. The number of carbonyl (C=O) groups is 2. The fourth-order valence-corrected chi connectivity index (χ4v) is 2.91. The standard InChI is InChI=1S/C21H28N10O2/c1-23-17(20(32)26-6-7-31(2)3)15(8-22)30-21(33)18-19(28-14-9-24-12-25-10-14)27-11-16(29-18)13-4-5-13/h8-13H,4-7,22H2,1-3H3,(H,26,32)(H,27,28)(H,30,33). The van der Waals surface area contributed by atoms with E-state index in [4.69, 9.17) is 5.73 Å². The highest BCUT2D eigenvalue weighted by Crippen LogP contribution is 2.39. The zero-order valence-electron chi connectivity index (χ0n) is 18.9. The lowest BCUT2D eigenvalue weighted by atomic mass is 10.2. The van der Waals surface area contributed by atoms with E-state index in [2.05, 4.69) is 40.9 Å². The molecule has 0 bridgehead atoms. The van der Waals surface area contributed by atoms with Gasteiger partial charge in [0.25, 0.3) is 11.8 Å². The van der Waals surface area contributed by atoms with Gasteiger partial charge in [0, 0.05) is 32.3 Å². The summed E-state index contributed by atoms with van der Waals surface area (Å²) >= 11 is 0. The highest BCUT2D eigenvalue weighted by atomic mass is 16.2. The van der Waals surface area contributed by atoms with Gasteiger partial charge >= 0.3 is 0 Å². The third-order valence-corrected chi connectivity index (χ3v) is 4.78. The van der Waals surface area contributed by atoms with E-state index in [0.717, 1.165) is 24.7 Å². The maximum absolute atomic E-state index is 13.2. The molecule has 0 atom stereocenters. The van der Waals surface area contributed by atoms with Crippen molar-refractivity contribution in [1.82, 2.24) is 35.5 Å². The van der Waals surface area contributed by atoms with Crippen molar-refractivity contribution in [3.63, 3.8) is 0 Å². The lowest BCUT2D eigenvalue weighted by molar-refractivity contribution is -0.114. The minimum Gasteiger partial charge on any atom is -0.403 e. The molecule has 174 valence electrons. The van der Waals surface area contributed by atoms with Crippen LogP contribution in [0.1, 0.15) is 34.9 Å². The Kier molecular flexibility index (Phi) is 7.97. The van der Waals surface area contributed by atoms with Crippen LogP contribution in [0.3, 0.4) is 0 Å². The monoisotopic (exact) mass is 452 g/mol. The number of nitrogens with one attached hydrogen (secondary N) is 3. The van der Waals surface area contributed by atoms with Crippen LogP contribution in [0, 0.1) is 0 Å². The van der Waals surface area contributed by atoms with E-state index in [1.54, 1.807) is 18.6 Å². The van der Waals surface area contributed by atoms with Crippen LogP contribution in [0.5, 0.6) is 0 Å². The smallest absolute Gasteiger partial charge is 0.278 e. The number of carbonyl (C=O) groups excluding carboxylic acids is 2. The Morgan fingerprint density at radius 2 is 1.97 bits per heavy atom. The van der Waals surface area contributed by atoms with Gasteiger partial charge in [0.15, 0.2) is 11.5 Å². The topological polar surface area (TPSA) is 163 Å². The summed E-state index contributed by atoms with van der Waals surface area (Å²) in [5.41, 5.74) is 7.14. The third-order valence-electron chi connectivity index (χ3n) is 4.78. The van der Waals surface area contributed by atoms with Gasteiger partial charge in [-0.15, -0.1) is 0 Å². The first-order valence-electron chi connectivity index (χ1n) is 10.4. The van der Waals surface area contributed by atoms with Crippen LogP contribution in [-0.4, -0.2) is 76.6 Å². The highest BCUT2D eigenvalue weighted by molar-refractivity contribution is 6.45. The molecule has 3 rings (SSSR count). The number of likely N-dealkylation sites (N-methyl/N-ethyl adjacent to an activating group) is 1. The molecule has 0 aromatic carbocycles. The molecular weight excluding hydrogens is 424 g/mol. The summed E-state index contributed by atoms with van der Waals surface area (Å²) in [5.74, 6) is -0.511. The molecule has 1 saturated carbocycles. The van der Waals surface area contributed by atoms with Crippen molar-refractivity contribution in [2.45, 2.75) is 18.8 Å². The molecule has 0 unspecified atom stereocenters. The summed E-state index contributed by atoms with van der Waals surface area (Å²) in [4.78, 5) is 48.5. The molecule has 2 aromatic rings. The van der Waals surface area contributed by atoms with Gasteiger partial charge in [-0.05, 0) is 26.9 Å². The first-order valence-corrected chi connectivity index (χ1v) is 10.4. The molecule has 5 N–H and O–H groups in total. The first kappa shape index (κ1) is 23.7. The van der Waals surface area contributed by atoms with E-state index in [-0.39, 0.29) is 28.8 Å². The number of rotatable bonds is 10. The predicted octanol–water partition coefficient (Wildman–Crippen LogP) is 0.166. The van der Waals surface area contributed by atoms with Crippen LogP contribution in [0.25, 0.3) is 0 Å². The van der Waals surface area contributed by atoms with Gasteiger partial charge in [0.2, 0.25) is 0 Å². The number of nitrogens with zero attached hydrogens (tertiary/aromatic N) is 6. The summed E-state index contributed by atoms with van der Waals surface area (Å²) in [7, 11) is 5.25. The van der Waals surface area contributed by atoms with Crippen molar-refractivity contribution in [2.75, 3.05) is 39.5 Å². The van der Waals surface area contributed by atoms with Gasteiger partial charge in [-0.1, -0.05) is 0 Å². The van der Waals surface area contributed by atoms with Crippen LogP contribution in [-0.2, 0) is 4.79 Å². The van der Waals surface area contributed by atoms with Crippen LogP contribution < -0.4 is 21.7 Å². The van der Waals surface area contributed by atoms with Crippen molar-refractivity contribution >= 4 is 29.0 Å². The average Bonchev–Trinajstić information content (AvgIpc) is 3.65. The minimum absolute atomic E-state index is 0.00174. The molecule has 12 nitrogen and oxygen atoms in total. The number of nitrogens with two attached hydrogens (primary N) is 1. The molecule has 2 amide bonds. The molecule has 1 fully saturated rings. The molecular formula is C21H28N10O2. The molecule has 1 aliphatic rings. The number of aliphatic imine (C=N–C) groups is 1. The predicted molar refractivity (Wildman–Crippen MR) is 124 cm³/mol. The van der Waals surface area contributed by atoms with Crippen LogP contribution in [0.4, 0.5) is 11.5 Å². The minimum atomic E-state index is -0.580. The molecule has 1 aliphatic carbocycles. The summed E-state index contributed by atoms with van der Waals surface area (Å²) in [6.45, 7) is 1.07. The molecule has 33 heavy (non-hydrogen) atoms. The fraction of sp³-hybridized carbons (Fsp3) is 0.381. The zero-order chi connectivity index (χ0) is 23.8. The number of hydrogen-bond donors (Lipinski definition) is 4. The Morgan fingerprint density at radius 1 is 1.24 bits per heavy atom. The lowest BCUT2D eigenvalue weighted by Crippen LogP contribution is -2.40. The number of hydrogen-bond acceptors (Lipinski definition) is 10. The summed E-state index contributed by atoms with van der Waals surface area (Å²) in [6.07, 6.45) is 9.28. The molecule has 2 heterocycles. The Hall–Kier alpha value is -3.93. The Morgan fingerprint density at radius 3 is 2.58 bits per heavy atom. The van der Waals surface area contributed by atoms with Gasteiger partial charge in [0.1, 0.15) is 12.0 Å². The molecule has 0 aliphatic heterocycles. The SMILES string of the molecule is CN=C(C(=O)NCCN(C)C)C(=CN)NC(=O)c1nc(C2CC2)cnc1Nc1cncnc1. The Balaban J connectivity index is 1.80. The summed E-state index contributed by atoms with van der Waals surface area (Å²) < 4.78 is 0. The van der Waals surface area contributed by atoms with Crippen molar-refractivity contribution in [3.8, 4) is 0 Å². The van der Waals surface area contributed by atoms with Crippen LogP contribution in [0.2, 0.25) is 0 Å². The Bertz CT molecular complexity index is 1050. The van der Waals surface area contributed by atoms with E-state index in [1.165, 1.54) is 13.4 Å². The van der Waals surface area contributed by atoms with Gasteiger partial charge in [0.05, 0.1) is 35.7 Å². The molecule has 0 radical (unpaired) electrons. The quantitative estimate of drug-likeness (QED) is 0.368.